The molecule has 2 N–H and O–H groups in total. The van der Waals surface area contributed by atoms with Gasteiger partial charge < -0.3 is 10.2 Å². The van der Waals surface area contributed by atoms with Gasteiger partial charge in [-0.2, -0.15) is 0 Å². The molecule has 0 fully saturated rings. The highest BCUT2D eigenvalue weighted by molar-refractivity contribution is 6.18. The molecule has 0 aliphatic heterocycles. The van der Waals surface area contributed by atoms with Crippen molar-refractivity contribution in [1.82, 2.24) is 4.98 Å². The van der Waals surface area contributed by atoms with Crippen molar-refractivity contribution in [2.24, 2.45) is 0 Å². The van der Waals surface area contributed by atoms with E-state index in [1.165, 1.54) is 0 Å². The molecule has 1 aromatic heterocycles. The molecule has 0 radical (unpaired) electrons. The largest absolute Gasteiger partial charge is 0.508 e. The number of nitrogens with zero attached hydrogens (tertiary/aromatic N) is 1. The number of aromatic hydroxyl groups is 2. The highest BCUT2D eigenvalue weighted by atomic mass is 16.3. The Hall–Kier alpha value is -4.89. The van der Waals surface area contributed by atoms with Crippen molar-refractivity contribution in [3.8, 4) is 33.8 Å². The number of phenolic OH excluding ortho intramolecular Hbond substituents is 2. The molecule has 7 aromatic rings. The number of hydrogen-bond donors (Lipinski definition) is 2. The van der Waals surface area contributed by atoms with Gasteiger partial charge in [-0.1, -0.05) is 72.8 Å². The number of pyridine rings is 1. The van der Waals surface area contributed by atoms with Crippen LogP contribution in [-0.4, -0.2) is 15.2 Å². The predicted molar refractivity (Wildman–Crippen MR) is 148 cm³/mol. The molecule has 1 heterocycles. The third-order valence-electron chi connectivity index (χ3n) is 6.98. The van der Waals surface area contributed by atoms with Crippen LogP contribution in [0.25, 0.3) is 65.6 Å². The summed E-state index contributed by atoms with van der Waals surface area (Å²) in [6.07, 6.45) is 0. The van der Waals surface area contributed by atoms with Gasteiger partial charge in [-0.25, -0.2) is 4.98 Å². The second-order valence-electron chi connectivity index (χ2n) is 9.16. The molecule has 0 bridgehead atoms. The fourth-order valence-corrected chi connectivity index (χ4v) is 5.27. The Morgan fingerprint density at radius 1 is 0.417 bits per heavy atom. The van der Waals surface area contributed by atoms with E-state index in [0.717, 1.165) is 65.6 Å². The molecule has 36 heavy (non-hydrogen) atoms. The Morgan fingerprint density at radius 2 is 0.806 bits per heavy atom. The van der Waals surface area contributed by atoms with Crippen molar-refractivity contribution < 1.29 is 10.2 Å². The molecule has 0 atom stereocenters. The first-order valence-electron chi connectivity index (χ1n) is 11.9. The molecule has 0 aliphatic rings. The minimum absolute atomic E-state index is 0.255. The van der Waals surface area contributed by atoms with Crippen molar-refractivity contribution in [2.75, 3.05) is 0 Å². The van der Waals surface area contributed by atoms with Gasteiger partial charge in [0.1, 0.15) is 11.5 Å². The number of benzene rings is 6. The normalized spacial score (nSPS) is 11.6. The van der Waals surface area contributed by atoms with Gasteiger partial charge in [0.15, 0.2) is 0 Å². The Kier molecular flexibility index (Phi) is 4.45. The summed E-state index contributed by atoms with van der Waals surface area (Å²) in [6.45, 7) is 0. The van der Waals surface area contributed by atoms with E-state index in [-0.39, 0.29) is 11.5 Å². The first-order chi connectivity index (χ1) is 17.7. The molecule has 0 aliphatic carbocycles. The summed E-state index contributed by atoms with van der Waals surface area (Å²) in [7, 11) is 0. The first kappa shape index (κ1) is 20.5. The molecule has 3 heteroatoms. The fourth-order valence-electron chi connectivity index (χ4n) is 5.27. The number of hydrogen-bond acceptors (Lipinski definition) is 3. The third kappa shape index (κ3) is 3.18. The molecule has 0 saturated carbocycles. The van der Waals surface area contributed by atoms with Crippen LogP contribution in [-0.2, 0) is 0 Å². The number of fused-ring (bicyclic) bond motifs is 6. The fraction of sp³-hybridized carbons (Fsp3) is 0. The van der Waals surface area contributed by atoms with Crippen LogP contribution in [0.15, 0.2) is 115 Å². The van der Waals surface area contributed by atoms with Gasteiger partial charge in [0.2, 0.25) is 0 Å². The highest BCUT2D eigenvalue weighted by Gasteiger charge is 2.14. The third-order valence-corrected chi connectivity index (χ3v) is 6.98. The van der Waals surface area contributed by atoms with Crippen molar-refractivity contribution in [1.29, 1.82) is 0 Å². The Balaban J connectivity index is 1.59. The van der Waals surface area contributed by atoms with Crippen LogP contribution >= 0.6 is 0 Å². The number of rotatable bonds is 2. The van der Waals surface area contributed by atoms with E-state index < -0.39 is 0 Å². The SMILES string of the molecule is Oc1ccc(-c2cc3cc4cc(-c5ccc(O)cc5)c5ccccc5c4nc3c3ccccc23)cc1. The summed E-state index contributed by atoms with van der Waals surface area (Å²) < 4.78 is 0. The minimum atomic E-state index is 0.255. The molecule has 0 saturated heterocycles. The zero-order chi connectivity index (χ0) is 24.2. The van der Waals surface area contributed by atoms with E-state index >= 15 is 0 Å². The maximum atomic E-state index is 9.80. The van der Waals surface area contributed by atoms with Gasteiger partial charge in [-0.3, -0.25) is 0 Å². The lowest BCUT2D eigenvalue weighted by molar-refractivity contribution is 0.475. The van der Waals surface area contributed by atoms with E-state index in [4.69, 9.17) is 4.98 Å². The van der Waals surface area contributed by atoms with Crippen molar-refractivity contribution >= 4 is 43.4 Å². The molecular weight excluding hydrogens is 442 g/mol. The summed E-state index contributed by atoms with van der Waals surface area (Å²) in [5.41, 5.74) is 6.27. The van der Waals surface area contributed by atoms with Gasteiger partial charge in [0.05, 0.1) is 11.0 Å². The van der Waals surface area contributed by atoms with Gasteiger partial charge in [0, 0.05) is 21.5 Å². The quantitative estimate of drug-likeness (QED) is 0.200. The molecule has 170 valence electrons. The zero-order valence-corrected chi connectivity index (χ0v) is 19.3. The molecule has 0 unspecified atom stereocenters. The Morgan fingerprint density at radius 3 is 1.22 bits per heavy atom. The van der Waals surface area contributed by atoms with E-state index in [1.54, 1.807) is 24.3 Å². The second kappa shape index (κ2) is 7.82. The predicted octanol–water partition coefficient (Wildman–Crippen LogP) is 8.44. The number of phenols is 2. The Labute approximate surface area is 207 Å². The van der Waals surface area contributed by atoms with Crippen LogP contribution < -0.4 is 0 Å². The summed E-state index contributed by atoms with van der Waals surface area (Å²) in [5.74, 6) is 0.510. The lowest BCUT2D eigenvalue weighted by atomic mass is 9.92. The van der Waals surface area contributed by atoms with Crippen LogP contribution in [0.5, 0.6) is 11.5 Å². The Bertz CT molecular complexity index is 1800. The van der Waals surface area contributed by atoms with Crippen molar-refractivity contribution in [2.45, 2.75) is 0 Å². The van der Waals surface area contributed by atoms with Gasteiger partial charge in [-0.15, -0.1) is 0 Å². The molecule has 3 nitrogen and oxygen atoms in total. The van der Waals surface area contributed by atoms with Crippen LogP contribution in [0.2, 0.25) is 0 Å². The van der Waals surface area contributed by atoms with Gasteiger partial charge >= 0.3 is 0 Å². The average Bonchev–Trinajstić information content (AvgIpc) is 2.92. The van der Waals surface area contributed by atoms with Gasteiger partial charge in [0.25, 0.3) is 0 Å². The maximum absolute atomic E-state index is 9.80. The summed E-state index contributed by atoms with van der Waals surface area (Å²) in [5, 5.41) is 26.2. The van der Waals surface area contributed by atoms with Crippen molar-refractivity contribution in [3.63, 3.8) is 0 Å². The van der Waals surface area contributed by atoms with E-state index in [2.05, 4.69) is 66.7 Å². The molecule has 6 aromatic carbocycles. The van der Waals surface area contributed by atoms with E-state index in [9.17, 15) is 10.2 Å². The zero-order valence-electron chi connectivity index (χ0n) is 19.3. The van der Waals surface area contributed by atoms with Crippen LogP contribution in [0.3, 0.4) is 0 Å². The van der Waals surface area contributed by atoms with Crippen molar-refractivity contribution in [3.05, 3.63) is 115 Å². The van der Waals surface area contributed by atoms with Crippen LogP contribution in [0, 0.1) is 0 Å². The monoisotopic (exact) mass is 463 g/mol. The topological polar surface area (TPSA) is 53.4 Å². The van der Waals surface area contributed by atoms with Crippen LogP contribution in [0.4, 0.5) is 0 Å². The number of aromatic nitrogens is 1. The lowest BCUT2D eigenvalue weighted by Crippen LogP contribution is -1.91. The molecule has 0 spiro atoms. The van der Waals surface area contributed by atoms with Crippen LogP contribution in [0.1, 0.15) is 0 Å². The molecule has 0 amide bonds. The summed E-state index contributed by atoms with van der Waals surface area (Å²) >= 11 is 0. The summed E-state index contributed by atoms with van der Waals surface area (Å²) in [6, 6.07) is 38.1. The smallest absolute Gasteiger partial charge is 0.115 e. The van der Waals surface area contributed by atoms with E-state index in [1.807, 2.05) is 24.3 Å². The minimum Gasteiger partial charge on any atom is -0.508 e. The standard InChI is InChI=1S/C33H21NO2/c35-24-13-9-20(10-14-24)30-18-22-17-23-19-31(21-11-15-25(36)16-12-21)27-6-2-4-8-29(27)33(23)34-32(22)28-7-3-1-5-26(28)30/h1-19,35-36H. The first-order valence-corrected chi connectivity index (χ1v) is 11.9. The second-order valence-corrected chi connectivity index (χ2v) is 9.16. The van der Waals surface area contributed by atoms with Gasteiger partial charge in [-0.05, 0) is 75.5 Å². The molecule has 7 rings (SSSR count). The maximum Gasteiger partial charge on any atom is 0.115 e. The average molecular weight is 464 g/mol. The summed E-state index contributed by atoms with van der Waals surface area (Å²) in [4.78, 5) is 5.25. The molecular formula is C33H21NO2. The highest BCUT2D eigenvalue weighted by Crippen LogP contribution is 2.39. The van der Waals surface area contributed by atoms with E-state index in [0.29, 0.717) is 0 Å². The lowest BCUT2D eigenvalue weighted by Gasteiger charge is -2.14.